The first kappa shape index (κ1) is 12.7. The number of hydrogen-bond acceptors (Lipinski definition) is 3. The van der Waals surface area contributed by atoms with Gasteiger partial charge in [0.2, 0.25) is 0 Å². The van der Waals surface area contributed by atoms with Gasteiger partial charge in [-0.15, -0.1) is 0 Å². The molecule has 0 bridgehead atoms. The third-order valence-electron chi connectivity index (χ3n) is 2.92. The minimum Gasteiger partial charge on any atom is -0.469 e. The summed E-state index contributed by atoms with van der Waals surface area (Å²) in [6.45, 7) is 2.00. The molecule has 0 radical (unpaired) electrons. The molecule has 0 fully saturated rings. The normalized spacial score (nSPS) is 14.2. The van der Waals surface area contributed by atoms with E-state index in [-0.39, 0.29) is 12.4 Å². The summed E-state index contributed by atoms with van der Waals surface area (Å²) >= 11 is 0. The number of carbonyl (C=O) groups excluding carboxylic acids is 1. The first-order valence-electron chi connectivity index (χ1n) is 5.36. The smallest absolute Gasteiger partial charge is 0.308 e. The maximum absolute atomic E-state index is 11.4. The molecule has 0 aromatic heterocycles. The van der Waals surface area contributed by atoms with E-state index < -0.39 is 5.60 Å². The third kappa shape index (κ3) is 2.61. The van der Waals surface area contributed by atoms with Crippen LogP contribution in [-0.2, 0) is 19.9 Å². The van der Waals surface area contributed by atoms with Crippen LogP contribution in [0, 0.1) is 0 Å². The van der Waals surface area contributed by atoms with Crippen LogP contribution in [0.15, 0.2) is 30.3 Å². The summed E-state index contributed by atoms with van der Waals surface area (Å²) in [6.07, 6.45) is 0.961. The highest BCUT2D eigenvalue weighted by atomic mass is 16.5. The number of hydrogen-bond donors (Lipinski definition) is 0. The number of rotatable bonds is 5. The van der Waals surface area contributed by atoms with E-state index in [1.54, 1.807) is 7.11 Å². The Morgan fingerprint density at radius 1 is 1.25 bits per heavy atom. The molecule has 3 heteroatoms. The fraction of sp³-hybridized carbons (Fsp3) is 0.462. The van der Waals surface area contributed by atoms with E-state index in [0.717, 1.165) is 12.0 Å². The van der Waals surface area contributed by atoms with Gasteiger partial charge in [0.05, 0.1) is 13.5 Å². The highest BCUT2D eigenvalue weighted by molar-refractivity contribution is 5.71. The Morgan fingerprint density at radius 2 is 1.88 bits per heavy atom. The molecule has 0 aliphatic carbocycles. The van der Waals surface area contributed by atoms with Crippen molar-refractivity contribution in [3.8, 4) is 0 Å². The topological polar surface area (TPSA) is 35.5 Å². The molecule has 1 aromatic carbocycles. The molecule has 0 aliphatic heterocycles. The average Bonchev–Trinajstić information content (AvgIpc) is 2.37. The second-order valence-corrected chi connectivity index (χ2v) is 3.67. The molecule has 3 nitrogen and oxygen atoms in total. The zero-order valence-corrected chi connectivity index (χ0v) is 10.0. The van der Waals surface area contributed by atoms with E-state index in [1.165, 1.54) is 7.11 Å². The van der Waals surface area contributed by atoms with Gasteiger partial charge >= 0.3 is 5.97 Å². The largest absolute Gasteiger partial charge is 0.469 e. The second kappa shape index (κ2) is 5.66. The lowest BCUT2D eigenvalue weighted by molar-refractivity contribution is -0.148. The summed E-state index contributed by atoms with van der Waals surface area (Å²) in [4.78, 5) is 11.4. The minimum absolute atomic E-state index is 0.237. The monoisotopic (exact) mass is 222 g/mol. The van der Waals surface area contributed by atoms with Gasteiger partial charge in [0, 0.05) is 7.11 Å². The number of benzene rings is 1. The molecule has 1 rings (SSSR count). The van der Waals surface area contributed by atoms with E-state index in [4.69, 9.17) is 9.47 Å². The molecule has 16 heavy (non-hydrogen) atoms. The first-order valence-corrected chi connectivity index (χ1v) is 5.36. The van der Waals surface area contributed by atoms with Crippen molar-refractivity contribution in [2.24, 2.45) is 0 Å². The van der Waals surface area contributed by atoms with Crippen LogP contribution in [0.25, 0.3) is 0 Å². The fourth-order valence-electron chi connectivity index (χ4n) is 1.81. The van der Waals surface area contributed by atoms with Gasteiger partial charge < -0.3 is 9.47 Å². The SMILES string of the molecule is CCC(CC(=O)OC)(OC)c1ccccc1. The first-order chi connectivity index (χ1) is 7.68. The summed E-state index contributed by atoms with van der Waals surface area (Å²) in [5, 5.41) is 0. The Hall–Kier alpha value is -1.35. The van der Waals surface area contributed by atoms with Gasteiger partial charge in [-0.25, -0.2) is 0 Å². The molecule has 1 unspecified atom stereocenters. The van der Waals surface area contributed by atoms with Crippen molar-refractivity contribution < 1.29 is 14.3 Å². The maximum atomic E-state index is 11.4. The lowest BCUT2D eigenvalue weighted by atomic mass is 9.87. The summed E-state index contributed by atoms with van der Waals surface area (Å²) in [5.74, 6) is -0.257. The van der Waals surface area contributed by atoms with Gasteiger partial charge in [0.15, 0.2) is 0 Å². The number of ether oxygens (including phenoxy) is 2. The lowest BCUT2D eigenvalue weighted by Crippen LogP contribution is -2.31. The van der Waals surface area contributed by atoms with E-state index in [2.05, 4.69) is 0 Å². The number of carbonyl (C=O) groups is 1. The standard InChI is InChI=1S/C13H18O3/c1-4-13(16-3,10-12(14)15-2)11-8-6-5-7-9-11/h5-9H,4,10H2,1-3H3. The molecule has 88 valence electrons. The molecule has 0 heterocycles. The van der Waals surface area contributed by atoms with Crippen LogP contribution in [0.5, 0.6) is 0 Å². The van der Waals surface area contributed by atoms with Crippen molar-refractivity contribution in [3.63, 3.8) is 0 Å². The molecule has 1 atom stereocenters. The molecule has 1 aromatic rings. The van der Waals surface area contributed by atoms with E-state index >= 15 is 0 Å². The van der Waals surface area contributed by atoms with E-state index in [1.807, 2.05) is 37.3 Å². The van der Waals surface area contributed by atoms with Crippen LogP contribution in [0.4, 0.5) is 0 Å². The van der Waals surface area contributed by atoms with Crippen LogP contribution in [0.2, 0.25) is 0 Å². The molecule has 0 saturated carbocycles. The minimum atomic E-state index is -0.575. The summed E-state index contributed by atoms with van der Waals surface area (Å²) < 4.78 is 10.3. The predicted octanol–water partition coefficient (Wildman–Crippen LogP) is 2.50. The maximum Gasteiger partial charge on any atom is 0.308 e. The van der Waals surface area contributed by atoms with Crippen molar-refractivity contribution in [1.82, 2.24) is 0 Å². The lowest BCUT2D eigenvalue weighted by Gasteiger charge is -2.30. The van der Waals surface area contributed by atoms with Gasteiger partial charge in [-0.05, 0) is 12.0 Å². The Morgan fingerprint density at radius 3 is 2.31 bits per heavy atom. The van der Waals surface area contributed by atoms with Crippen molar-refractivity contribution >= 4 is 5.97 Å². The Bertz CT molecular complexity index is 328. The van der Waals surface area contributed by atoms with Gasteiger partial charge in [-0.3, -0.25) is 4.79 Å². The summed E-state index contributed by atoms with van der Waals surface area (Å²) in [7, 11) is 3.02. The molecule has 0 saturated heterocycles. The predicted molar refractivity (Wildman–Crippen MR) is 62.1 cm³/mol. The van der Waals surface area contributed by atoms with Crippen molar-refractivity contribution in [3.05, 3.63) is 35.9 Å². The van der Waals surface area contributed by atoms with Gasteiger partial charge in [0.25, 0.3) is 0 Å². The van der Waals surface area contributed by atoms with Gasteiger partial charge in [-0.1, -0.05) is 37.3 Å². The quantitative estimate of drug-likeness (QED) is 0.718. The molecule has 0 spiro atoms. The molecular weight excluding hydrogens is 204 g/mol. The van der Waals surface area contributed by atoms with Crippen LogP contribution >= 0.6 is 0 Å². The van der Waals surface area contributed by atoms with E-state index in [9.17, 15) is 4.79 Å². The number of methoxy groups -OCH3 is 2. The average molecular weight is 222 g/mol. The molecule has 0 N–H and O–H groups in total. The molecular formula is C13H18O3. The molecule has 0 aliphatic rings. The fourth-order valence-corrected chi connectivity index (χ4v) is 1.81. The zero-order chi connectivity index (χ0) is 12.0. The Balaban J connectivity index is 3.01. The Kier molecular flexibility index (Phi) is 4.50. The van der Waals surface area contributed by atoms with Crippen LogP contribution in [0.1, 0.15) is 25.3 Å². The van der Waals surface area contributed by atoms with Crippen LogP contribution in [-0.4, -0.2) is 20.2 Å². The van der Waals surface area contributed by atoms with Crippen molar-refractivity contribution in [2.45, 2.75) is 25.4 Å². The Labute approximate surface area is 96.4 Å². The van der Waals surface area contributed by atoms with Crippen molar-refractivity contribution in [2.75, 3.05) is 14.2 Å². The summed E-state index contributed by atoms with van der Waals surface area (Å²) in [6, 6.07) is 9.76. The highest BCUT2D eigenvalue weighted by Gasteiger charge is 2.33. The third-order valence-corrected chi connectivity index (χ3v) is 2.92. The molecule has 0 amide bonds. The summed E-state index contributed by atoms with van der Waals surface area (Å²) in [5.41, 5.74) is 0.430. The van der Waals surface area contributed by atoms with Crippen molar-refractivity contribution in [1.29, 1.82) is 0 Å². The second-order valence-electron chi connectivity index (χ2n) is 3.67. The number of esters is 1. The van der Waals surface area contributed by atoms with Gasteiger partial charge in [-0.2, -0.15) is 0 Å². The van der Waals surface area contributed by atoms with Crippen LogP contribution < -0.4 is 0 Å². The van der Waals surface area contributed by atoms with Gasteiger partial charge in [0.1, 0.15) is 5.60 Å². The van der Waals surface area contributed by atoms with E-state index in [0.29, 0.717) is 0 Å². The van der Waals surface area contributed by atoms with Crippen LogP contribution in [0.3, 0.4) is 0 Å². The highest BCUT2D eigenvalue weighted by Crippen LogP contribution is 2.32. The zero-order valence-electron chi connectivity index (χ0n) is 10.0.